The fourth-order valence-electron chi connectivity index (χ4n) is 1.65. The topological polar surface area (TPSA) is 55.1 Å². The second-order valence-corrected chi connectivity index (χ2v) is 5.94. The molecule has 3 nitrogen and oxygen atoms in total. The van der Waals surface area contributed by atoms with Crippen molar-refractivity contribution in [1.82, 2.24) is 0 Å². The zero-order valence-corrected chi connectivity index (χ0v) is 13.4. The van der Waals surface area contributed by atoms with Gasteiger partial charge in [0.25, 0.3) is 5.91 Å². The smallest absolute Gasteiger partial charge is 0.257 e. The average molecular weight is 384 g/mol. The van der Waals surface area contributed by atoms with Crippen LogP contribution in [0.15, 0.2) is 45.3 Å². The van der Waals surface area contributed by atoms with Gasteiger partial charge < -0.3 is 11.1 Å². The van der Waals surface area contributed by atoms with Gasteiger partial charge in [-0.1, -0.05) is 22.0 Å². The summed E-state index contributed by atoms with van der Waals surface area (Å²) in [6, 6.07) is 10.9. The maximum absolute atomic E-state index is 12.2. The second-order valence-electron chi connectivity index (χ2n) is 4.17. The Balaban J connectivity index is 2.25. The molecule has 98 valence electrons. The number of aryl methyl sites for hydroxylation is 1. The predicted octanol–water partition coefficient (Wildman–Crippen LogP) is 4.35. The third-order valence-corrected chi connectivity index (χ3v) is 3.78. The first kappa shape index (κ1) is 14.1. The Morgan fingerprint density at radius 3 is 2.53 bits per heavy atom. The monoisotopic (exact) mass is 382 g/mol. The van der Waals surface area contributed by atoms with E-state index in [0.29, 0.717) is 11.3 Å². The Labute approximate surface area is 128 Å². The third kappa shape index (κ3) is 3.36. The Morgan fingerprint density at radius 2 is 1.89 bits per heavy atom. The second kappa shape index (κ2) is 5.75. The molecule has 5 heteroatoms. The highest BCUT2D eigenvalue weighted by Gasteiger charge is 2.11. The largest absolute Gasteiger partial charge is 0.398 e. The first-order valence-electron chi connectivity index (χ1n) is 5.60. The van der Waals surface area contributed by atoms with Crippen LogP contribution in [0.3, 0.4) is 0 Å². The molecule has 0 aliphatic heterocycles. The van der Waals surface area contributed by atoms with Gasteiger partial charge >= 0.3 is 0 Å². The van der Waals surface area contributed by atoms with E-state index in [0.717, 1.165) is 20.2 Å². The molecule has 0 spiro atoms. The number of halogens is 2. The molecule has 0 aliphatic carbocycles. The Kier molecular flexibility index (Phi) is 4.27. The number of carbonyl (C=O) groups is 1. The molecule has 0 aliphatic rings. The lowest BCUT2D eigenvalue weighted by molar-refractivity contribution is 0.102. The van der Waals surface area contributed by atoms with Crippen molar-refractivity contribution in [2.24, 2.45) is 0 Å². The van der Waals surface area contributed by atoms with Crippen LogP contribution in [-0.4, -0.2) is 5.91 Å². The molecule has 1 amide bonds. The van der Waals surface area contributed by atoms with E-state index in [1.54, 1.807) is 18.2 Å². The first-order valence-corrected chi connectivity index (χ1v) is 7.18. The number of nitrogens with one attached hydrogen (secondary N) is 1. The highest BCUT2D eigenvalue weighted by Crippen LogP contribution is 2.25. The van der Waals surface area contributed by atoms with Crippen molar-refractivity contribution >= 4 is 49.1 Å². The molecular formula is C14H12Br2N2O. The van der Waals surface area contributed by atoms with E-state index in [2.05, 4.69) is 37.2 Å². The molecule has 2 aromatic rings. The molecule has 0 radical (unpaired) electrons. The van der Waals surface area contributed by atoms with Crippen molar-refractivity contribution in [2.45, 2.75) is 6.92 Å². The molecule has 3 N–H and O–H groups in total. The van der Waals surface area contributed by atoms with E-state index in [4.69, 9.17) is 5.73 Å². The van der Waals surface area contributed by atoms with Gasteiger partial charge in [-0.3, -0.25) is 4.79 Å². The first-order chi connectivity index (χ1) is 8.97. The van der Waals surface area contributed by atoms with Crippen LogP contribution >= 0.6 is 31.9 Å². The van der Waals surface area contributed by atoms with Gasteiger partial charge in [-0.15, -0.1) is 0 Å². The predicted molar refractivity (Wildman–Crippen MR) is 85.4 cm³/mol. The molecule has 2 aromatic carbocycles. The minimum atomic E-state index is -0.227. The van der Waals surface area contributed by atoms with Crippen LogP contribution in [0.2, 0.25) is 0 Å². The van der Waals surface area contributed by atoms with Crippen LogP contribution in [0.5, 0.6) is 0 Å². The van der Waals surface area contributed by atoms with Crippen molar-refractivity contribution in [3.8, 4) is 0 Å². The number of hydrogen-bond donors (Lipinski definition) is 2. The fraction of sp³-hybridized carbons (Fsp3) is 0.0714. The Bertz CT molecular complexity index is 641. The molecule has 2 rings (SSSR count). The van der Waals surface area contributed by atoms with E-state index in [1.807, 2.05) is 25.1 Å². The fourth-order valence-corrected chi connectivity index (χ4v) is 2.62. The lowest BCUT2D eigenvalue weighted by Gasteiger charge is -2.10. The number of carbonyl (C=O) groups excluding carboxylic acids is 1. The summed E-state index contributed by atoms with van der Waals surface area (Å²) in [5.41, 5.74) is 8.57. The van der Waals surface area contributed by atoms with Crippen LogP contribution in [0, 0.1) is 6.92 Å². The van der Waals surface area contributed by atoms with Gasteiger partial charge in [0.2, 0.25) is 0 Å². The van der Waals surface area contributed by atoms with Gasteiger partial charge in [0.1, 0.15) is 0 Å². The van der Waals surface area contributed by atoms with Crippen LogP contribution in [-0.2, 0) is 0 Å². The Hall–Kier alpha value is -1.33. The third-order valence-electron chi connectivity index (χ3n) is 2.63. The minimum Gasteiger partial charge on any atom is -0.398 e. The highest BCUT2D eigenvalue weighted by atomic mass is 79.9. The summed E-state index contributed by atoms with van der Waals surface area (Å²) in [5.74, 6) is -0.227. The van der Waals surface area contributed by atoms with Gasteiger partial charge in [-0.25, -0.2) is 0 Å². The van der Waals surface area contributed by atoms with E-state index in [9.17, 15) is 4.79 Å². The van der Waals surface area contributed by atoms with Crippen molar-refractivity contribution in [2.75, 3.05) is 11.1 Å². The quantitative estimate of drug-likeness (QED) is 0.757. The number of rotatable bonds is 2. The van der Waals surface area contributed by atoms with Crippen LogP contribution < -0.4 is 11.1 Å². The summed E-state index contributed by atoms with van der Waals surface area (Å²) in [7, 11) is 0. The molecule has 0 atom stereocenters. The van der Waals surface area contributed by atoms with E-state index in [1.165, 1.54) is 0 Å². The standard InChI is InChI=1S/C14H12Br2N2O/c1-8-2-5-13(11(16)6-8)18-14(19)10-4-3-9(15)7-12(10)17/h2-7H,17H2,1H3,(H,18,19). The maximum atomic E-state index is 12.2. The number of amides is 1. The molecule has 0 heterocycles. The van der Waals surface area contributed by atoms with Crippen LogP contribution in [0.1, 0.15) is 15.9 Å². The van der Waals surface area contributed by atoms with Crippen LogP contribution in [0.4, 0.5) is 11.4 Å². The summed E-state index contributed by atoms with van der Waals surface area (Å²) in [6.07, 6.45) is 0. The van der Waals surface area contributed by atoms with E-state index < -0.39 is 0 Å². The average Bonchev–Trinajstić information content (AvgIpc) is 2.32. The van der Waals surface area contributed by atoms with Crippen molar-refractivity contribution in [3.63, 3.8) is 0 Å². The van der Waals surface area contributed by atoms with Gasteiger partial charge in [0.15, 0.2) is 0 Å². The SMILES string of the molecule is Cc1ccc(NC(=O)c2ccc(Br)cc2N)c(Br)c1. The highest BCUT2D eigenvalue weighted by molar-refractivity contribution is 9.10. The number of nitrogens with two attached hydrogens (primary N) is 1. The van der Waals surface area contributed by atoms with Gasteiger partial charge in [-0.05, 0) is 58.7 Å². The maximum Gasteiger partial charge on any atom is 0.257 e. The summed E-state index contributed by atoms with van der Waals surface area (Å²) >= 11 is 6.74. The van der Waals surface area contributed by atoms with Crippen molar-refractivity contribution < 1.29 is 4.79 Å². The zero-order chi connectivity index (χ0) is 14.0. The molecule has 0 fully saturated rings. The summed E-state index contributed by atoms with van der Waals surface area (Å²) in [4.78, 5) is 12.2. The number of nitrogen functional groups attached to an aromatic ring is 1. The molecule has 0 unspecified atom stereocenters. The zero-order valence-electron chi connectivity index (χ0n) is 10.2. The molecule has 0 bridgehead atoms. The normalized spacial score (nSPS) is 10.3. The van der Waals surface area contributed by atoms with E-state index in [-0.39, 0.29) is 5.91 Å². The summed E-state index contributed by atoms with van der Waals surface area (Å²) in [5, 5.41) is 2.83. The summed E-state index contributed by atoms with van der Waals surface area (Å²) < 4.78 is 1.69. The minimum absolute atomic E-state index is 0.227. The van der Waals surface area contributed by atoms with Crippen molar-refractivity contribution in [1.29, 1.82) is 0 Å². The number of hydrogen-bond acceptors (Lipinski definition) is 2. The number of anilines is 2. The molecular weight excluding hydrogens is 372 g/mol. The molecule has 0 aromatic heterocycles. The van der Waals surface area contributed by atoms with Gasteiger partial charge in [-0.2, -0.15) is 0 Å². The summed E-state index contributed by atoms with van der Waals surface area (Å²) in [6.45, 7) is 1.99. The van der Waals surface area contributed by atoms with Crippen molar-refractivity contribution in [3.05, 3.63) is 56.5 Å². The lowest BCUT2D eigenvalue weighted by Crippen LogP contribution is -2.14. The van der Waals surface area contributed by atoms with Gasteiger partial charge in [0, 0.05) is 14.6 Å². The Morgan fingerprint density at radius 1 is 1.16 bits per heavy atom. The van der Waals surface area contributed by atoms with Crippen LogP contribution in [0.25, 0.3) is 0 Å². The van der Waals surface area contributed by atoms with E-state index >= 15 is 0 Å². The molecule has 0 saturated heterocycles. The molecule has 0 saturated carbocycles. The number of benzene rings is 2. The van der Waals surface area contributed by atoms with Gasteiger partial charge in [0.05, 0.1) is 11.3 Å². The molecule has 19 heavy (non-hydrogen) atoms. The lowest BCUT2D eigenvalue weighted by atomic mass is 10.1.